The van der Waals surface area contributed by atoms with Gasteiger partial charge in [0.2, 0.25) is 15.9 Å². The van der Waals surface area contributed by atoms with Crippen LogP contribution in [0.4, 0.5) is 11.4 Å². The van der Waals surface area contributed by atoms with E-state index in [4.69, 9.17) is 16.3 Å². The van der Waals surface area contributed by atoms with E-state index in [0.717, 1.165) is 17.7 Å². The van der Waals surface area contributed by atoms with Crippen molar-refractivity contribution in [2.24, 2.45) is 0 Å². The molecule has 0 bridgehead atoms. The van der Waals surface area contributed by atoms with Gasteiger partial charge in [-0.1, -0.05) is 29.8 Å². The number of ether oxygens (including phenoxy) is 1. The molecule has 2 aromatic carbocycles. The lowest BCUT2D eigenvalue weighted by Crippen LogP contribution is -2.47. The number of fused-ring (bicyclic) bond motifs is 2. The van der Waals surface area contributed by atoms with Crippen LogP contribution in [0.3, 0.4) is 0 Å². The fourth-order valence-corrected chi connectivity index (χ4v) is 6.60. The standard InChI is InChI=1S/C21H20ClN3O5S/c22-14-10-15-18(30-12-20(26)23-15)11-19(14)31(28,29)25-8-3-6-17(25)21(27)24-9-7-13-4-1-2-5-16(13)24/h1-2,4-5,10-11,17H,3,6-9,12H2,(H,23,26)/t17-/m0/s1. The molecule has 31 heavy (non-hydrogen) atoms. The van der Waals surface area contributed by atoms with Crippen molar-refractivity contribution in [2.75, 3.05) is 29.9 Å². The predicted octanol–water partition coefficient (Wildman–Crippen LogP) is 2.41. The Labute approximate surface area is 184 Å². The van der Waals surface area contributed by atoms with Crippen LogP contribution in [-0.4, -0.2) is 50.3 Å². The van der Waals surface area contributed by atoms with Crippen LogP contribution in [-0.2, 0) is 26.0 Å². The summed E-state index contributed by atoms with van der Waals surface area (Å²) in [6.45, 7) is 0.572. The Morgan fingerprint density at radius 3 is 2.84 bits per heavy atom. The summed E-state index contributed by atoms with van der Waals surface area (Å²) in [7, 11) is -4.06. The molecule has 1 saturated heterocycles. The number of sulfonamides is 1. The van der Waals surface area contributed by atoms with E-state index in [9.17, 15) is 18.0 Å². The smallest absolute Gasteiger partial charge is 0.262 e. The minimum atomic E-state index is -4.06. The molecule has 1 N–H and O–H groups in total. The van der Waals surface area contributed by atoms with Crippen molar-refractivity contribution >= 4 is 44.8 Å². The molecular weight excluding hydrogens is 442 g/mol. The van der Waals surface area contributed by atoms with Crippen LogP contribution in [0.15, 0.2) is 41.3 Å². The van der Waals surface area contributed by atoms with Gasteiger partial charge in [0.05, 0.1) is 10.7 Å². The maximum absolute atomic E-state index is 13.5. The van der Waals surface area contributed by atoms with Gasteiger partial charge in [-0.2, -0.15) is 4.31 Å². The van der Waals surface area contributed by atoms with Crippen molar-refractivity contribution < 1.29 is 22.7 Å². The second kappa shape index (κ2) is 7.51. The highest BCUT2D eigenvalue weighted by atomic mass is 35.5. The molecule has 0 unspecified atom stereocenters. The largest absolute Gasteiger partial charge is 0.482 e. The second-order valence-electron chi connectivity index (χ2n) is 7.76. The second-order valence-corrected chi connectivity index (χ2v) is 10.0. The number of carbonyl (C=O) groups excluding carboxylic acids is 2. The molecule has 3 aliphatic heterocycles. The Morgan fingerprint density at radius 2 is 2.00 bits per heavy atom. The lowest BCUT2D eigenvalue weighted by Gasteiger charge is -2.28. The third kappa shape index (κ3) is 3.37. The van der Waals surface area contributed by atoms with Crippen molar-refractivity contribution in [3.8, 4) is 5.75 Å². The van der Waals surface area contributed by atoms with Crippen molar-refractivity contribution in [3.63, 3.8) is 0 Å². The van der Waals surface area contributed by atoms with Gasteiger partial charge >= 0.3 is 0 Å². The van der Waals surface area contributed by atoms with Crippen LogP contribution in [0.2, 0.25) is 5.02 Å². The number of anilines is 2. The molecule has 8 nitrogen and oxygen atoms in total. The van der Waals surface area contributed by atoms with Crippen molar-refractivity contribution in [3.05, 3.63) is 47.0 Å². The van der Waals surface area contributed by atoms with Crippen molar-refractivity contribution in [2.45, 2.75) is 30.2 Å². The zero-order chi connectivity index (χ0) is 21.8. The molecule has 0 radical (unpaired) electrons. The topological polar surface area (TPSA) is 96.0 Å². The fourth-order valence-electron chi connectivity index (χ4n) is 4.43. The van der Waals surface area contributed by atoms with E-state index in [-0.39, 0.29) is 40.6 Å². The van der Waals surface area contributed by atoms with Crippen LogP contribution in [0.1, 0.15) is 18.4 Å². The van der Waals surface area contributed by atoms with Crippen LogP contribution in [0.5, 0.6) is 5.75 Å². The summed E-state index contributed by atoms with van der Waals surface area (Å²) in [5, 5.41) is 2.57. The molecule has 3 heterocycles. The van der Waals surface area contributed by atoms with E-state index in [1.54, 1.807) is 4.90 Å². The Kier molecular flexibility index (Phi) is 4.91. The minimum absolute atomic E-state index is 0.0332. The Hall–Kier alpha value is -2.62. The molecule has 3 aliphatic rings. The van der Waals surface area contributed by atoms with E-state index < -0.39 is 16.1 Å². The number of amides is 2. The first-order valence-corrected chi connectivity index (χ1v) is 11.9. The summed E-state index contributed by atoms with van der Waals surface area (Å²) in [5.41, 5.74) is 2.25. The summed E-state index contributed by atoms with van der Waals surface area (Å²) >= 11 is 6.29. The average Bonchev–Trinajstić information content (AvgIpc) is 3.40. The number of nitrogens with one attached hydrogen (secondary N) is 1. The zero-order valence-corrected chi connectivity index (χ0v) is 18.1. The number of hydrogen-bond acceptors (Lipinski definition) is 5. The molecular formula is C21H20ClN3O5S. The highest BCUT2D eigenvalue weighted by Gasteiger charge is 2.43. The maximum atomic E-state index is 13.5. The van der Waals surface area contributed by atoms with Gasteiger partial charge in [-0.05, 0) is 37.0 Å². The average molecular weight is 462 g/mol. The summed E-state index contributed by atoms with van der Waals surface area (Å²) < 4.78 is 33.6. The van der Waals surface area contributed by atoms with Gasteiger partial charge in [0, 0.05) is 24.8 Å². The minimum Gasteiger partial charge on any atom is -0.482 e. The summed E-state index contributed by atoms with van der Waals surface area (Å²) in [6, 6.07) is 9.57. The number of halogens is 1. The number of rotatable bonds is 3. The number of benzene rings is 2. The highest BCUT2D eigenvalue weighted by molar-refractivity contribution is 7.89. The molecule has 10 heteroatoms. The van der Waals surface area contributed by atoms with E-state index in [1.807, 2.05) is 24.3 Å². The van der Waals surface area contributed by atoms with Gasteiger partial charge in [0.25, 0.3) is 5.91 Å². The molecule has 1 atom stereocenters. The number of carbonyl (C=O) groups is 2. The SMILES string of the molecule is O=C1COc2cc(S(=O)(=O)N3CCC[C@H]3C(=O)N3CCc4ccccc43)c(Cl)cc2N1. The first-order valence-electron chi connectivity index (χ1n) is 10.0. The summed E-state index contributed by atoms with van der Waals surface area (Å²) in [4.78, 5) is 26.4. The summed E-state index contributed by atoms with van der Waals surface area (Å²) in [6.07, 6.45) is 1.78. The highest BCUT2D eigenvalue weighted by Crippen LogP contribution is 2.39. The molecule has 5 rings (SSSR count). The van der Waals surface area contributed by atoms with Gasteiger partial charge < -0.3 is 15.0 Å². The molecule has 0 saturated carbocycles. The zero-order valence-electron chi connectivity index (χ0n) is 16.5. The number of hydrogen-bond donors (Lipinski definition) is 1. The van der Waals surface area contributed by atoms with Gasteiger partial charge in [-0.25, -0.2) is 8.42 Å². The number of para-hydroxylation sites is 1. The van der Waals surface area contributed by atoms with E-state index in [2.05, 4.69) is 5.32 Å². The van der Waals surface area contributed by atoms with Crippen LogP contribution < -0.4 is 15.0 Å². The van der Waals surface area contributed by atoms with Gasteiger partial charge in [-0.3, -0.25) is 9.59 Å². The third-order valence-electron chi connectivity index (χ3n) is 5.90. The third-order valence-corrected chi connectivity index (χ3v) is 8.27. The Balaban J connectivity index is 1.47. The normalized spacial score (nSPS) is 20.7. The Morgan fingerprint density at radius 1 is 1.19 bits per heavy atom. The number of nitrogens with zero attached hydrogens (tertiary/aromatic N) is 2. The quantitative estimate of drug-likeness (QED) is 0.757. The van der Waals surface area contributed by atoms with Crippen molar-refractivity contribution in [1.29, 1.82) is 0 Å². The van der Waals surface area contributed by atoms with Gasteiger partial charge in [-0.15, -0.1) is 0 Å². The molecule has 0 aliphatic carbocycles. The van der Waals surface area contributed by atoms with Gasteiger partial charge in [0.1, 0.15) is 16.7 Å². The fraction of sp³-hybridized carbons (Fsp3) is 0.333. The van der Waals surface area contributed by atoms with E-state index in [1.165, 1.54) is 16.4 Å². The molecule has 2 aromatic rings. The van der Waals surface area contributed by atoms with E-state index in [0.29, 0.717) is 25.1 Å². The first-order chi connectivity index (χ1) is 14.9. The molecule has 1 fully saturated rings. The summed E-state index contributed by atoms with van der Waals surface area (Å²) in [5.74, 6) is -0.322. The lowest BCUT2D eigenvalue weighted by atomic mass is 10.1. The maximum Gasteiger partial charge on any atom is 0.262 e. The van der Waals surface area contributed by atoms with Crippen LogP contribution in [0, 0.1) is 0 Å². The van der Waals surface area contributed by atoms with Crippen LogP contribution >= 0.6 is 11.6 Å². The molecule has 0 spiro atoms. The van der Waals surface area contributed by atoms with Gasteiger partial charge in [0.15, 0.2) is 6.61 Å². The predicted molar refractivity (Wildman–Crippen MR) is 115 cm³/mol. The monoisotopic (exact) mass is 461 g/mol. The Bertz CT molecular complexity index is 1200. The molecule has 162 valence electrons. The lowest BCUT2D eigenvalue weighted by molar-refractivity contribution is -0.121. The molecule has 0 aromatic heterocycles. The van der Waals surface area contributed by atoms with Crippen molar-refractivity contribution in [1.82, 2.24) is 4.31 Å². The van der Waals surface area contributed by atoms with E-state index >= 15 is 0 Å². The molecule has 2 amide bonds. The first kappa shape index (κ1) is 20.3. The van der Waals surface area contributed by atoms with Crippen LogP contribution in [0.25, 0.3) is 0 Å².